The van der Waals surface area contributed by atoms with E-state index in [0.29, 0.717) is 0 Å². The first-order valence-electron chi connectivity index (χ1n) is 9.87. The fraction of sp³-hybridized carbons (Fsp3) is 0.200. The molecule has 2 N–H and O–H groups in total. The van der Waals surface area contributed by atoms with Crippen LogP contribution in [0.2, 0.25) is 0 Å². The van der Waals surface area contributed by atoms with Crippen LogP contribution in [0.1, 0.15) is 34.0 Å². The molecule has 1 aromatic heterocycles. The first-order valence-corrected chi connectivity index (χ1v) is 9.87. The molecule has 28 heavy (non-hydrogen) atoms. The lowest BCUT2D eigenvalue weighted by atomic mass is 9.93. The summed E-state index contributed by atoms with van der Waals surface area (Å²) in [6.45, 7) is 5.35. The maximum Gasteiger partial charge on any atom is 0.127 e. The average molecular weight is 368 g/mol. The van der Waals surface area contributed by atoms with Crippen LogP contribution in [0, 0.1) is 13.8 Å². The van der Waals surface area contributed by atoms with E-state index >= 15 is 0 Å². The number of nitrogens with one attached hydrogen (secondary N) is 2. The van der Waals surface area contributed by atoms with Gasteiger partial charge in [-0.05, 0) is 72.9 Å². The van der Waals surface area contributed by atoms with Crippen molar-refractivity contribution in [1.29, 1.82) is 0 Å². The van der Waals surface area contributed by atoms with Crippen LogP contribution in [0.25, 0.3) is 10.9 Å². The van der Waals surface area contributed by atoms with Gasteiger partial charge in [0, 0.05) is 23.1 Å². The fourth-order valence-electron chi connectivity index (χ4n) is 4.44. The fourth-order valence-corrected chi connectivity index (χ4v) is 4.44. The lowest BCUT2D eigenvalue weighted by Crippen LogP contribution is -2.30. The van der Waals surface area contributed by atoms with E-state index in [0.717, 1.165) is 24.5 Å². The number of aromatic amines is 1. The van der Waals surface area contributed by atoms with Crippen LogP contribution in [-0.2, 0) is 6.42 Å². The Morgan fingerprint density at radius 1 is 0.893 bits per heavy atom. The highest BCUT2D eigenvalue weighted by Gasteiger charge is 2.26. The number of benzene rings is 3. The van der Waals surface area contributed by atoms with Crippen LogP contribution in [0.4, 0.5) is 0 Å². The summed E-state index contributed by atoms with van der Waals surface area (Å²) in [5, 5.41) is 5.08. The minimum atomic E-state index is 0.148. The third-order valence-electron chi connectivity index (χ3n) is 5.56. The van der Waals surface area contributed by atoms with Crippen molar-refractivity contribution in [3.8, 4) is 11.5 Å². The van der Waals surface area contributed by atoms with Gasteiger partial charge >= 0.3 is 0 Å². The smallest absolute Gasteiger partial charge is 0.127 e. The molecule has 3 heteroatoms. The van der Waals surface area contributed by atoms with Gasteiger partial charge in [-0.15, -0.1) is 0 Å². The topological polar surface area (TPSA) is 37.0 Å². The lowest BCUT2D eigenvalue weighted by molar-refractivity contribution is 0.479. The third-order valence-corrected chi connectivity index (χ3v) is 5.56. The Kier molecular flexibility index (Phi) is 4.18. The number of ether oxygens (including phenoxy) is 1. The van der Waals surface area contributed by atoms with Crippen molar-refractivity contribution >= 4 is 10.9 Å². The van der Waals surface area contributed by atoms with Crippen molar-refractivity contribution in [1.82, 2.24) is 10.3 Å². The number of para-hydroxylation sites is 1. The summed E-state index contributed by atoms with van der Waals surface area (Å²) in [7, 11) is 0. The Hall–Kier alpha value is -3.04. The van der Waals surface area contributed by atoms with Gasteiger partial charge in [0.2, 0.25) is 0 Å². The zero-order valence-electron chi connectivity index (χ0n) is 16.3. The van der Waals surface area contributed by atoms with Crippen molar-refractivity contribution in [3.63, 3.8) is 0 Å². The van der Waals surface area contributed by atoms with Gasteiger partial charge in [-0.1, -0.05) is 36.4 Å². The van der Waals surface area contributed by atoms with Gasteiger partial charge in [-0.2, -0.15) is 0 Å². The summed E-state index contributed by atoms with van der Waals surface area (Å²) >= 11 is 0. The highest BCUT2D eigenvalue weighted by molar-refractivity contribution is 5.89. The molecule has 140 valence electrons. The Balaban J connectivity index is 1.55. The van der Waals surface area contributed by atoms with Crippen molar-refractivity contribution in [2.45, 2.75) is 26.3 Å². The van der Waals surface area contributed by atoms with E-state index in [1.54, 1.807) is 0 Å². The molecular formula is C25H24N2O. The number of aryl methyl sites for hydroxylation is 2. The van der Waals surface area contributed by atoms with Crippen molar-refractivity contribution in [2.75, 3.05) is 6.54 Å². The van der Waals surface area contributed by atoms with E-state index in [-0.39, 0.29) is 6.04 Å². The Morgan fingerprint density at radius 3 is 2.57 bits per heavy atom. The standard InChI is InChI=1S/C25H24N2O/c1-16-13-17(2)23-21-11-12-26-24(25(21)27-22(23)14-16)18-7-6-10-20(15-18)28-19-8-4-3-5-9-19/h3-10,13-15,24,26-27H,11-12H2,1-2H3. The minimum Gasteiger partial charge on any atom is -0.457 e. The van der Waals surface area contributed by atoms with E-state index in [2.05, 4.69) is 54.5 Å². The minimum absolute atomic E-state index is 0.148. The summed E-state index contributed by atoms with van der Waals surface area (Å²) in [4.78, 5) is 3.71. The van der Waals surface area contributed by atoms with E-state index in [9.17, 15) is 0 Å². The van der Waals surface area contributed by atoms with Crippen LogP contribution >= 0.6 is 0 Å². The van der Waals surface area contributed by atoms with E-state index < -0.39 is 0 Å². The maximum atomic E-state index is 6.05. The summed E-state index contributed by atoms with van der Waals surface area (Å²) in [6, 6.07) is 23.0. The molecule has 2 heterocycles. The first-order chi connectivity index (χ1) is 13.7. The SMILES string of the molecule is Cc1cc(C)c2c3c([nH]c2c1)C(c1cccc(Oc2ccccc2)c1)NCC3. The largest absolute Gasteiger partial charge is 0.457 e. The number of hydrogen-bond acceptors (Lipinski definition) is 2. The lowest BCUT2D eigenvalue weighted by Gasteiger charge is -2.25. The number of rotatable bonds is 3. The second-order valence-electron chi connectivity index (χ2n) is 7.65. The van der Waals surface area contributed by atoms with Gasteiger partial charge in [0.05, 0.1) is 6.04 Å². The number of fused-ring (bicyclic) bond motifs is 3. The molecule has 5 rings (SSSR count). The molecule has 0 saturated carbocycles. The molecular weight excluding hydrogens is 344 g/mol. The van der Waals surface area contributed by atoms with Crippen molar-refractivity contribution in [3.05, 3.63) is 94.7 Å². The van der Waals surface area contributed by atoms with Gasteiger partial charge < -0.3 is 15.0 Å². The normalized spacial score (nSPS) is 16.1. The highest BCUT2D eigenvalue weighted by atomic mass is 16.5. The van der Waals surface area contributed by atoms with Crippen LogP contribution in [0.3, 0.4) is 0 Å². The average Bonchev–Trinajstić information content (AvgIpc) is 3.07. The molecule has 0 amide bonds. The second kappa shape index (κ2) is 6.84. The molecule has 4 aromatic rings. The molecule has 3 nitrogen and oxygen atoms in total. The van der Waals surface area contributed by atoms with E-state index in [4.69, 9.17) is 4.74 Å². The molecule has 1 atom stereocenters. The zero-order valence-corrected chi connectivity index (χ0v) is 16.3. The van der Waals surface area contributed by atoms with Crippen LogP contribution in [-0.4, -0.2) is 11.5 Å². The molecule has 0 fully saturated rings. The molecule has 0 aliphatic carbocycles. The summed E-state index contributed by atoms with van der Waals surface area (Å²) < 4.78 is 6.05. The molecule has 3 aromatic carbocycles. The number of H-pyrrole nitrogens is 1. The number of aromatic nitrogens is 1. The molecule has 0 saturated heterocycles. The number of hydrogen-bond donors (Lipinski definition) is 2. The quantitative estimate of drug-likeness (QED) is 0.479. The van der Waals surface area contributed by atoms with Crippen LogP contribution in [0.5, 0.6) is 11.5 Å². The van der Waals surface area contributed by atoms with E-state index in [1.165, 1.54) is 38.9 Å². The molecule has 0 radical (unpaired) electrons. The summed E-state index contributed by atoms with van der Waals surface area (Å²) in [5.41, 5.74) is 7.85. The van der Waals surface area contributed by atoms with Crippen molar-refractivity contribution in [2.24, 2.45) is 0 Å². The molecule has 1 aliphatic rings. The van der Waals surface area contributed by atoms with Crippen LogP contribution in [0.15, 0.2) is 66.7 Å². The van der Waals surface area contributed by atoms with E-state index in [1.807, 2.05) is 36.4 Å². The Labute approximate surface area is 165 Å². The highest BCUT2D eigenvalue weighted by Crippen LogP contribution is 2.36. The third kappa shape index (κ3) is 2.98. The summed E-state index contributed by atoms with van der Waals surface area (Å²) in [5.74, 6) is 1.72. The van der Waals surface area contributed by atoms with Crippen molar-refractivity contribution < 1.29 is 4.74 Å². The first kappa shape index (κ1) is 17.1. The van der Waals surface area contributed by atoms with Gasteiger partial charge in [0.15, 0.2) is 0 Å². The van der Waals surface area contributed by atoms with Gasteiger partial charge in [0.1, 0.15) is 11.5 Å². The molecule has 0 spiro atoms. The monoisotopic (exact) mass is 368 g/mol. The predicted molar refractivity (Wildman–Crippen MR) is 114 cm³/mol. The second-order valence-corrected chi connectivity index (χ2v) is 7.65. The Morgan fingerprint density at radius 2 is 1.71 bits per heavy atom. The summed E-state index contributed by atoms with van der Waals surface area (Å²) in [6.07, 6.45) is 1.05. The zero-order chi connectivity index (χ0) is 19.1. The van der Waals surface area contributed by atoms with Gasteiger partial charge in [-0.25, -0.2) is 0 Å². The Bertz CT molecular complexity index is 1140. The molecule has 1 unspecified atom stereocenters. The van der Waals surface area contributed by atoms with Crippen LogP contribution < -0.4 is 10.1 Å². The predicted octanol–water partition coefficient (Wildman–Crippen LogP) is 5.81. The van der Waals surface area contributed by atoms with Gasteiger partial charge in [0.25, 0.3) is 0 Å². The molecule has 0 bridgehead atoms. The molecule has 1 aliphatic heterocycles. The maximum absolute atomic E-state index is 6.05. The van der Waals surface area contributed by atoms with Gasteiger partial charge in [-0.3, -0.25) is 0 Å².